The number of carboxylic acid groups (broad SMARTS) is 1. The topological polar surface area (TPSA) is 59.9 Å². The zero-order valence-electron chi connectivity index (χ0n) is 16.1. The molecule has 3 aliphatic heterocycles. The number of aromatic carboxylic acids is 1. The molecule has 2 bridgehead atoms. The molecule has 0 spiro atoms. The average Bonchev–Trinajstić information content (AvgIpc) is 2.64. The van der Waals surface area contributed by atoms with Gasteiger partial charge in [0.2, 0.25) is 0 Å². The highest BCUT2D eigenvalue weighted by molar-refractivity contribution is 6.33. The molecule has 3 aliphatic rings. The van der Waals surface area contributed by atoms with Crippen molar-refractivity contribution in [1.29, 1.82) is 0 Å². The molecule has 4 rings (SSSR count). The SMILES string of the molecule is CN(C)C[C@H]1[C@H]2C[C@H](CN(c3ncc(C(=O)O)cc3Cl)C2)[C@@H]2CCCCN21. The first-order valence-electron chi connectivity index (χ1n) is 9.98. The Morgan fingerprint density at radius 2 is 2.11 bits per heavy atom. The second-order valence-electron chi connectivity index (χ2n) is 8.63. The van der Waals surface area contributed by atoms with Crippen molar-refractivity contribution in [3.63, 3.8) is 0 Å². The lowest BCUT2D eigenvalue weighted by Crippen LogP contribution is -2.65. The summed E-state index contributed by atoms with van der Waals surface area (Å²) in [5.41, 5.74) is 0.143. The summed E-state index contributed by atoms with van der Waals surface area (Å²) in [5, 5.41) is 9.61. The van der Waals surface area contributed by atoms with E-state index in [1.54, 1.807) is 0 Å². The zero-order chi connectivity index (χ0) is 19.1. The third-order valence-electron chi connectivity index (χ3n) is 6.54. The maximum absolute atomic E-state index is 11.2. The summed E-state index contributed by atoms with van der Waals surface area (Å²) in [7, 11) is 4.32. The Morgan fingerprint density at radius 1 is 1.33 bits per heavy atom. The van der Waals surface area contributed by atoms with Crippen LogP contribution in [0.3, 0.4) is 0 Å². The van der Waals surface area contributed by atoms with Crippen LogP contribution in [-0.4, -0.2) is 78.2 Å². The normalized spacial score (nSPS) is 31.0. The first kappa shape index (κ1) is 19.0. The Labute approximate surface area is 166 Å². The van der Waals surface area contributed by atoms with Gasteiger partial charge in [0.05, 0.1) is 10.6 Å². The van der Waals surface area contributed by atoms with E-state index in [0.717, 1.165) is 25.5 Å². The van der Waals surface area contributed by atoms with Crippen molar-refractivity contribution >= 4 is 23.4 Å². The molecule has 0 aliphatic carbocycles. The van der Waals surface area contributed by atoms with Crippen LogP contribution >= 0.6 is 11.6 Å². The van der Waals surface area contributed by atoms with Gasteiger partial charge in [-0.15, -0.1) is 0 Å². The lowest BCUT2D eigenvalue weighted by Gasteiger charge is -2.57. The molecular weight excluding hydrogens is 364 g/mol. The number of carboxylic acids is 1. The van der Waals surface area contributed by atoms with Gasteiger partial charge < -0.3 is 14.9 Å². The number of fused-ring (bicyclic) bond motifs is 4. The molecule has 0 radical (unpaired) electrons. The number of piperidine rings is 3. The highest BCUT2D eigenvalue weighted by atomic mass is 35.5. The van der Waals surface area contributed by atoms with Gasteiger partial charge in [-0.3, -0.25) is 4.90 Å². The number of hydrogen-bond acceptors (Lipinski definition) is 5. The van der Waals surface area contributed by atoms with E-state index in [0.29, 0.717) is 28.9 Å². The Hall–Kier alpha value is -1.37. The molecule has 0 amide bonds. The molecule has 0 aromatic carbocycles. The van der Waals surface area contributed by atoms with Crippen LogP contribution in [0.15, 0.2) is 12.3 Å². The highest BCUT2D eigenvalue weighted by Gasteiger charge is 2.47. The third-order valence-corrected chi connectivity index (χ3v) is 6.82. The molecular formula is C20H29ClN4O2. The fraction of sp³-hybridized carbons (Fsp3) is 0.700. The van der Waals surface area contributed by atoms with Gasteiger partial charge in [0.25, 0.3) is 0 Å². The molecule has 3 fully saturated rings. The summed E-state index contributed by atoms with van der Waals surface area (Å²) in [5.74, 6) is 0.983. The molecule has 1 aromatic rings. The van der Waals surface area contributed by atoms with Crippen LogP contribution in [0.25, 0.3) is 0 Å². The van der Waals surface area contributed by atoms with Gasteiger partial charge in [-0.1, -0.05) is 18.0 Å². The van der Waals surface area contributed by atoms with E-state index in [2.05, 4.69) is 33.8 Å². The summed E-state index contributed by atoms with van der Waals surface area (Å²) in [6, 6.07) is 2.75. The van der Waals surface area contributed by atoms with Crippen LogP contribution in [0, 0.1) is 11.8 Å². The van der Waals surface area contributed by atoms with Crippen LogP contribution in [0.4, 0.5) is 5.82 Å². The van der Waals surface area contributed by atoms with Crippen molar-refractivity contribution in [2.75, 3.05) is 45.2 Å². The number of nitrogens with zero attached hydrogens (tertiary/aromatic N) is 4. The van der Waals surface area contributed by atoms with Crippen molar-refractivity contribution in [2.45, 2.75) is 37.8 Å². The highest BCUT2D eigenvalue weighted by Crippen LogP contribution is 2.43. The number of pyridine rings is 1. The third kappa shape index (κ3) is 3.67. The molecule has 7 heteroatoms. The Bertz CT molecular complexity index is 713. The van der Waals surface area contributed by atoms with Gasteiger partial charge >= 0.3 is 5.97 Å². The summed E-state index contributed by atoms with van der Waals surface area (Å²) in [6.45, 7) is 4.21. The molecule has 3 saturated heterocycles. The molecule has 4 atom stereocenters. The molecule has 6 nitrogen and oxygen atoms in total. The lowest BCUT2D eigenvalue weighted by atomic mass is 9.72. The predicted molar refractivity (Wildman–Crippen MR) is 107 cm³/mol. The summed E-state index contributed by atoms with van der Waals surface area (Å²) >= 11 is 6.44. The van der Waals surface area contributed by atoms with E-state index in [-0.39, 0.29) is 5.56 Å². The van der Waals surface area contributed by atoms with Gasteiger partial charge in [-0.05, 0) is 57.8 Å². The number of anilines is 1. The first-order valence-corrected chi connectivity index (χ1v) is 10.4. The average molecular weight is 393 g/mol. The number of rotatable bonds is 4. The minimum Gasteiger partial charge on any atom is -0.478 e. The molecule has 1 aromatic heterocycles. The smallest absolute Gasteiger partial charge is 0.337 e. The fourth-order valence-corrected chi connectivity index (χ4v) is 5.77. The second-order valence-corrected chi connectivity index (χ2v) is 9.03. The van der Waals surface area contributed by atoms with Gasteiger partial charge in [0.1, 0.15) is 5.82 Å². The molecule has 4 heterocycles. The van der Waals surface area contributed by atoms with E-state index in [1.807, 2.05) is 0 Å². The maximum atomic E-state index is 11.2. The Balaban J connectivity index is 1.61. The van der Waals surface area contributed by atoms with E-state index >= 15 is 0 Å². The Morgan fingerprint density at radius 3 is 2.81 bits per heavy atom. The van der Waals surface area contributed by atoms with Crippen molar-refractivity contribution in [1.82, 2.24) is 14.8 Å². The van der Waals surface area contributed by atoms with Gasteiger partial charge in [0.15, 0.2) is 0 Å². The number of aromatic nitrogens is 1. The van der Waals surface area contributed by atoms with Crippen LogP contribution in [-0.2, 0) is 0 Å². The van der Waals surface area contributed by atoms with E-state index in [9.17, 15) is 4.79 Å². The maximum Gasteiger partial charge on any atom is 0.337 e. The standard InChI is InChI=1S/C20H29ClN4O2/c1-23(2)12-18-15-7-14(17-5-3-4-6-25(17)18)10-24(11-15)19-16(21)8-13(9-22-19)20(26)27/h8-9,14-15,17-18H,3-7,10-12H2,1-2H3,(H,26,27)/t14-,15+,17+,18+/m1/s1. The lowest BCUT2D eigenvalue weighted by molar-refractivity contribution is -0.0400. The van der Waals surface area contributed by atoms with Gasteiger partial charge in [0, 0.05) is 37.9 Å². The van der Waals surface area contributed by atoms with Crippen LogP contribution in [0.5, 0.6) is 0 Å². The minimum atomic E-state index is -0.990. The largest absolute Gasteiger partial charge is 0.478 e. The van der Waals surface area contributed by atoms with Crippen molar-refractivity contribution in [3.8, 4) is 0 Å². The summed E-state index contributed by atoms with van der Waals surface area (Å²) in [4.78, 5) is 23.0. The van der Waals surface area contributed by atoms with Gasteiger partial charge in [-0.25, -0.2) is 9.78 Å². The molecule has 27 heavy (non-hydrogen) atoms. The van der Waals surface area contributed by atoms with Crippen molar-refractivity contribution in [2.24, 2.45) is 11.8 Å². The fourth-order valence-electron chi connectivity index (χ4n) is 5.49. The summed E-state index contributed by atoms with van der Waals surface area (Å²) < 4.78 is 0. The summed E-state index contributed by atoms with van der Waals surface area (Å²) in [6.07, 6.45) is 6.63. The zero-order valence-corrected chi connectivity index (χ0v) is 16.9. The molecule has 1 N–H and O–H groups in total. The predicted octanol–water partition coefficient (Wildman–Crippen LogP) is 2.67. The number of carbonyl (C=O) groups is 1. The van der Waals surface area contributed by atoms with Crippen LogP contribution in [0.2, 0.25) is 5.02 Å². The van der Waals surface area contributed by atoms with Crippen LogP contribution < -0.4 is 4.90 Å². The molecule has 0 unspecified atom stereocenters. The van der Waals surface area contributed by atoms with Gasteiger partial charge in [-0.2, -0.15) is 0 Å². The second kappa shape index (κ2) is 7.57. The number of hydrogen-bond donors (Lipinski definition) is 1. The molecule has 0 saturated carbocycles. The van der Waals surface area contributed by atoms with Crippen LogP contribution in [0.1, 0.15) is 36.0 Å². The number of halogens is 1. The number of likely N-dealkylation sites (N-methyl/N-ethyl adjacent to an activating group) is 1. The molecule has 148 valence electrons. The van der Waals surface area contributed by atoms with Crippen molar-refractivity contribution < 1.29 is 9.90 Å². The van der Waals surface area contributed by atoms with E-state index < -0.39 is 5.97 Å². The van der Waals surface area contributed by atoms with E-state index in [1.165, 1.54) is 44.5 Å². The monoisotopic (exact) mass is 392 g/mol. The van der Waals surface area contributed by atoms with E-state index in [4.69, 9.17) is 16.7 Å². The first-order chi connectivity index (χ1) is 12.9. The quantitative estimate of drug-likeness (QED) is 0.850. The Kier molecular flexibility index (Phi) is 5.32. The minimum absolute atomic E-state index is 0.143. The van der Waals surface area contributed by atoms with Crippen molar-refractivity contribution in [3.05, 3.63) is 22.8 Å².